The number of allylic oxidation sites excluding steroid dienone is 4. The van der Waals surface area contributed by atoms with E-state index in [1.54, 1.807) is 13.0 Å². The van der Waals surface area contributed by atoms with Gasteiger partial charge in [0.2, 0.25) is 5.60 Å². The second-order valence-electron chi connectivity index (χ2n) is 10.8. The second-order valence-corrected chi connectivity index (χ2v) is 10.8. The van der Waals surface area contributed by atoms with Crippen molar-refractivity contribution < 1.29 is 33.3 Å². The molecule has 6 nitrogen and oxygen atoms in total. The maximum Gasteiger partial charge on any atom is 0.342 e. The molecule has 0 aromatic rings. The minimum Gasteiger partial charge on any atom is -0.460 e. The van der Waals surface area contributed by atoms with Crippen LogP contribution in [0, 0.1) is 22.7 Å². The van der Waals surface area contributed by atoms with E-state index in [1.807, 2.05) is 13.8 Å². The molecule has 0 radical (unpaired) electrons. The molecule has 4 aliphatic carbocycles. The van der Waals surface area contributed by atoms with E-state index in [4.69, 9.17) is 14.2 Å². The Morgan fingerprint density at radius 2 is 1.97 bits per heavy atom. The highest BCUT2D eigenvalue weighted by atomic mass is 19.1. The number of rotatable bonds is 1. The van der Waals surface area contributed by atoms with Gasteiger partial charge in [-0.2, -0.15) is 0 Å². The molecule has 0 unspecified atom stereocenters. The number of halogens is 1. The van der Waals surface area contributed by atoms with Gasteiger partial charge in [-0.15, -0.1) is 0 Å². The maximum absolute atomic E-state index is 17.2. The molecule has 2 heterocycles. The van der Waals surface area contributed by atoms with Crippen molar-refractivity contribution in [3.63, 3.8) is 0 Å². The number of alkyl halides is 1. The Morgan fingerprint density at radius 1 is 1.19 bits per heavy atom. The maximum atomic E-state index is 17.2. The zero-order valence-electron chi connectivity index (χ0n) is 18.2. The molecule has 6 aliphatic rings. The molecular formula is C24H29FO6. The van der Waals surface area contributed by atoms with Gasteiger partial charge in [0.1, 0.15) is 12.2 Å². The van der Waals surface area contributed by atoms with Crippen molar-refractivity contribution in [1.29, 1.82) is 0 Å². The lowest BCUT2D eigenvalue weighted by Crippen LogP contribution is -2.69. The van der Waals surface area contributed by atoms with Gasteiger partial charge in [0.15, 0.2) is 17.7 Å². The van der Waals surface area contributed by atoms with E-state index >= 15 is 4.39 Å². The molecule has 3 saturated carbocycles. The Morgan fingerprint density at radius 3 is 2.71 bits per heavy atom. The largest absolute Gasteiger partial charge is 0.460 e. The number of hydrogen-bond donors (Lipinski definition) is 1. The number of carbonyl (C=O) groups excluding carboxylic acids is 2. The molecule has 2 saturated heterocycles. The van der Waals surface area contributed by atoms with Crippen LogP contribution in [0.2, 0.25) is 0 Å². The molecule has 0 aromatic heterocycles. The van der Waals surface area contributed by atoms with Crippen molar-refractivity contribution in [3.05, 3.63) is 23.8 Å². The quantitative estimate of drug-likeness (QED) is 0.642. The van der Waals surface area contributed by atoms with Crippen LogP contribution in [0.4, 0.5) is 4.39 Å². The molecule has 2 aliphatic heterocycles. The van der Waals surface area contributed by atoms with Gasteiger partial charge in [-0.05, 0) is 57.1 Å². The van der Waals surface area contributed by atoms with Crippen molar-refractivity contribution in [1.82, 2.24) is 0 Å². The Balaban J connectivity index is 1.49. The first-order chi connectivity index (χ1) is 14.6. The lowest BCUT2D eigenvalue weighted by Gasteiger charge is -2.62. The highest BCUT2D eigenvalue weighted by molar-refractivity contribution is 6.01. The smallest absolute Gasteiger partial charge is 0.342 e. The van der Waals surface area contributed by atoms with Crippen LogP contribution in [-0.2, 0) is 23.8 Å². The fourth-order valence-electron chi connectivity index (χ4n) is 8.32. The summed E-state index contributed by atoms with van der Waals surface area (Å²) in [5.41, 5.74) is -5.31. The number of aliphatic hydroxyl groups is 1. The summed E-state index contributed by atoms with van der Waals surface area (Å²) in [6.07, 6.45) is 5.01. The number of esters is 1. The Hall–Kier alpha value is -1.57. The lowest BCUT2D eigenvalue weighted by molar-refractivity contribution is -0.236. The number of fused-ring (bicyclic) bond motifs is 5. The molecule has 0 spiro atoms. The van der Waals surface area contributed by atoms with Crippen LogP contribution in [0.15, 0.2) is 23.8 Å². The van der Waals surface area contributed by atoms with E-state index in [1.165, 1.54) is 12.2 Å². The standard InChI is InChI=1S/C24H29FO6/c1-4-18-30-22-10-16-15-6-5-13-9-14(26)7-8-20(13,2)23(15,25)17(27)11-21(16,3)24(22,31-18)19(28)29-12-22/h7-9,15-18,27H,4-6,10-12H2,1-3H3/t15-,16-,17-,18-,20-,21-,22-,23-,24-/m0/s1. The number of hydrogen-bond acceptors (Lipinski definition) is 6. The summed E-state index contributed by atoms with van der Waals surface area (Å²) in [4.78, 5) is 25.2. The third-order valence-electron chi connectivity index (χ3n) is 9.75. The molecule has 0 aromatic carbocycles. The van der Waals surface area contributed by atoms with Crippen LogP contribution in [-0.4, -0.2) is 52.7 Å². The minimum absolute atomic E-state index is 0.0754. The molecular weight excluding hydrogens is 403 g/mol. The van der Waals surface area contributed by atoms with Crippen LogP contribution in [0.1, 0.15) is 52.9 Å². The van der Waals surface area contributed by atoms with Crippen molar-refractivity contribution >= 4 is 11.8 Å². The van der Waals surface area contributed by atoms with Gasteiger partial charge >= 0.3 is 5.97 Å². The van der Waals surface area contributed by atoms with E-state index in [0.29, 0.717) is 25.7 Å². The third kappa shape index (κ3) is 1.89. The highest BCUT2D eigenvalue weighted by Crippen LogP contribution is 2.75. The summed E-state index contributed by atoms with van der Waals surface area (Å²) in [6.45, 7) is 5.79. The number of aliphatic hydroxyl groups excluding tert-OH is 1. The van der Waals surface area contributed by atoms with Crippen molar-refractivity contribution in [2.24, 2.45) is 22.7 Å². The van der Waals surface area contributed by atoms with Crippen molar-refractivity contribution in [2.75, 3.05) is 6.61 Å². The Kier molecular flexibility index (Phi) is 3.67. The molecule has 7 heteroatoms. The molecule has 1 N–H and O–H groups in total. The molecule has 31 heavy (non-hydrogen) atoms. The minimum atomic E-state index is -1.94. The summed E-state index contributed by atoms with van der Waals surface area (Å²) in [5.74, 6) is -1.28. The third-order valence-corrected chi connectivity index (χ3v) is 9.75. The zero-order valence-corrected chi connectivity index (χ0v) is 18.2. The first-order valence-corrected chi connectivity index (χ1v) is 11.4. The lowest BCUT2D eigenvalue weighted by atomic mass is 9.45. The fourth-order valence-corrected chi connectivity index (χ4v) is 8.32. The van der Waals surface area contributed by atoms with Crippen LogP contribution in [0.5, 0.6) is 0 Å². The van der Waals surface area contributed by atoms with E-state index in [2.05, 4.69) is 0 Å². The summed E-state index contributed by atoms with van der Waals surface area (Å²) in [6, 6.07) is 0. The summed E-state index contributed by atoms with van der Waals surface area (Å²) >= 11 is 0. The molecule has 0 bridgehead atoms. The number of carbonyl (C=O) groups is 2. The summed E-state index contributed by atoms with van der Waals surface area (Å²) in [5, 5.41) is 11.4. The van der Waals surface area contributed by atoms with E-state index in [9.17, 15) is 14.7 Å². The normalized spacial score (nSPS) is 56.9. The van der Waals surface area contributed by atoms with E-state index in [0.717, 1.165) is 5.57 Å². The Bertz CT molecular complexity index is 960. The number of cyclic esters (lactones) is 1. The monoisotopic (exact) mass is 432 g/mol. The number of ketones is 1. The van der Waals surface area contributed by atoms with Gasteiger partial charge in [0.25, 0.3) is 0 Å². The highest BCUT2D eigenvalue weighted by Gasteiger charge is 2.87. The average molecular weight is 432 g/mol. The van der Waals surface area contributed by atoms with Gasteiger partial charge in [0.05, 0.1) is 6.10 Å². The molecule has 0 amide bonds. The van der Waals surface area contributed by atoms with Crippen molar-refractivity contribution in [3.8, 4) is 0 Å². The topological polar surface area (TPSA) is 82.1 Å². The fraction of sp³-hybridized carbons (Fsp3) is 0.750. The first-order valence-electron chi connectivity index (χ1n) is 11.4. The van der Waals surface area contributed by atoms with Crippen LogP contribution >= 0.6 is 0 Å². The van der Waals surface area contributed by atoms with Crippen LogP contribution in [0.3, 0.4) is 0 Å². The van der Waals surface area contributed by atoms with E-state index in [-0.39, 0.29) is 24.7 Å². The van der Waals surface area contributed by atoms with Crippen LogP contribution < -0.4 is 0 Å². The second kappa shape index (κ2) is 5.67. The molecule has 168 valence electrons. The number of ether oxygens (including phenoxy) is 3. The van der Waals surface area contributed by atoms with Gasteiger partial charge < -0.3 is 19.3 Å². The van der Waals surface area contributed by atoms with Gasteiger partial charge in [-0.3, -0.25) is 4.79 Å². The van der Waals surface area contributed by atoms with Gasteiger partial charge in [-0.1, -0.05) is 25.5 Å². The first kappa shape index (κ1) is 20.1. The van der Waals surface area contributed by atoms with Gasteiger partial charge in [-0.25, -0.2) is 9.18 Å². The summed E-state index contributed by atoms with van der Waals surface area (Å²) < 4.78 is 35.3. The zero-order chi connectivity index (χ0) is 22.0. The van der Waals surface area contributed by atoms with E-state index < -0.39 is 52.0 Å². The SMILES string of the molecule is CC[C@H]1O[C@@]23COC(=O)[C@]2(O1)[C@@]1(C)C[C@H](O)[C@@]2(F)[C@@H](CCC4=CC(=O)C=C[C@@]42C)[C@@H]1C3. The predicted octanol–water partition coefficient (Wildman–Crippen LogP) is 2.78. The average Bonchev–Trinajstić information content (AvgIpc) is 3.27. The molecule has 6 rings (SSSR count). The Labute approximate surface area is 180 Å². The summed E-state index contributed by atoms with van der Waals surface area (Å²) in [7, 11) is 0. The van der Waals surface area contributed by atoms with Gasteiger partial charge in [0, 0.05) is 16.7 Å². The molecule has 5 fully saturated rings. The van der Waals surface area contributed by atoms with Crippen LogP contribution in [0.25, 0.3) is 0 Å². The predicted molar refractivity (Wildman–Crippen MR) is 106 cm³/mol. The van der Waals surface area contributed by atoms with Crippen molar-refractivity contribution in [2.45, 2.75) is 82.1 Å². The molecule has 9 atom stereocenters.